The number of hydrogen-bond acceptors (Lipinski definition) is 2. The molecule has 0 atom stereocenters. The van der Waals surface area contributed by atoms with E-state index in [0.29, 0.717) is 12.6 Å². The number of ether oxygens (including phenoxy) is 1. The minimum atomic E-state index is 0. The Morgan fingerprint density at radius 2 is 1.62 bits per heavy atom. The maximum atomic E-state index is 6.22. The molecule has 2 aromatic carbocycles. The van der Waals surface area contributed by atoms with Gasteiger partial charge < -0.3 is 10.1 Å². The van der Waals surface area contributed by atoms with Crippen molar-refractivity contribution in [3.05, 3.63) is 64.7 Å². The van der Waals surface area contributed by atoms with Gasteiger partial charge in [0, 0.05) is 23.2 Å². The molecule has 0 aromatic heterocycles. The van der Waals surface area contributed by atoms with Gasteiger partial charge in [-0.3, -0.25) is 0 Å². The maximum absolute atomic E-state index is 6.22. The van der Waals surface area contributed by atoms with Crippen molar-refractivity contribution in [1.82, 2.24) is 5.32 Å². The molecule has 142 valence electrons. The smallest absolute Gasteiger partial charge is 0.124 e. The molecule has 0 heterocycles. The van der Waals surface area contributed by atoms with Crippen LogP contribution in [-0.4, -0.2) is 6.04 Å². The van der Waals surface area contributed by atoms with Crippen LogP contribution in [0.4, 0.5) is 0 Å². The van der Waals surface area contributed by atoms with Crippen LogP contribution in [0.3, 0.4) is 0 Å². The average molecular weight is 394 g/mol. The van der Waals surface area contributed by atoms with Crippen molar-refractivity contribution in [1.29, 1.82) is 0 Å². The molecule has 1 aliphatic carbocycles. The molecule has 0 amide bonds. The highest BCUT2D eigenvalue weighted by molar-refractivity contribution is 6.30. The van der Waals surface area contributed by atoms with Gasteiger partial charge >= 0.3 is 0 Å². The zero-order chi connectivity index (χ0) is 17.3. The first kappa shape index (κ1) is 21.1. The first-order valence-electron chi connectivity index (χ1n) is 9.50. The van der Waals surface area contributed by atoms with Crippen LogP contribution in [-0.2, 0) is 13.2 Å². The van der Waals surface area contributed by atoms with E-state index in [-0.39, 0.29) is 12.4 Å². The van der Waals surface area contributed by atoms with Crippen LogP contribution in [0.1, 0.15) is 56.1 Å². The Morgan fingerprint density at radius 3 is 2.35 bits per heavy atom. The van der Waals surface area contributed by atoms with Gasteiger partial charge in [-0.05, 0) is 36.6 Å². The molecule has 1 N–H and O–H groups in total. The predicted molar refractivity (Wildman–Crippen MR) is 112 cm³/mol. The van der Waals surface area contributed by atoms with E-state index >= 15 is 0 Å². The normalized spacial score (nSPS) is 15.6. The second kappa shape index (κ2) is 11.5. The van der Waals surface area contributed by atoms with E-state index < -0.39 is 0 Å². The number of halogens is 2. The standard InChI is InChI=1S/C22H28ClNO.ClH/c23-20-13-14-22(25-17-18-9-5-4-6-10-18)19(15-20)16-24-21-11-7-2-1-3-8-12-21;/h4-6,9-10,13-15,21,24H,1-3,7-8,11-12,16-17H2;1H. The lowest BCUT2D eigenvalue weighted by atomic mass is 9.96. The maximum Gasteiger partial charge on any atom is 0.124 e. The molecule has 0 unspecified atom stereocenters. The van der Waals surface area contributed by atoms with Gasteiger partial charge in [0.1, 0.15) is 12.4 Å². The van der Waals surface area contributed by atoms with E-state index in [4.69, 9.17) is 16.3 Å². The predicted octanol–water partition coefficient (Wildman–Crippen LogP) is 6.54. The van der Waals surface area contributed by atoms with Gasteiger partial charge in [0.15, 0.2) is 0 Å². The van der Waals surface area contributed by atoms with E-state index in [0.717, 1.165) is 22.9 Å². The lowest BCUT2D eigenvalue weighted by Gasteiger charge is -2.22. The molecule has 0 aliphatic heterocycles. The monoisotopic (exact) mass is 393 g/mol. The summed E-state index contributed by atoms with van der Waals surface area (Å²) >= 11 is 6.22. The number of hydrogen-bond donors (Lipinski definition) is 1. The van der Waals surface area contributed by atoms with Gasteiger partial charge in [-0.25, -0.2) is 0 Å². The second-order valence-electron chi connectivity index (χ2n) is 6.95. The fraction of sp³-hybridized carbons (Fsp3) is 0.455. The van der Waals surface area contributed by atoms with Crippen LogP contribution in [0.25, 0.3) is 0 Å². The average Bonchev–Trinajstić information content (AvgIpc) is 2.61. The van der Waals surface area contributed by atoms with Crippen molar-refractivity contribution in [2.75, 3.05) is 0 Å². The van der Waals surface area contributed by atoms with E-state index in [1.54, 1.807) is 0 Å². The largest absolute Gasteiger partial charge is 0.489 e. The number of nitrogens with one attached hydrogen (secondary N) is 1. The van der Waals surface area contributed by atoms with Crippen LogP contribution in [0, 0.1) is 0 Å². The summed E-state index contributed by atoms with van der Waals surface area (Å²) in [7, 11) is 0. The fourth-order valence-corrected chi connectivity index (χ4v) is 3.67. The van der Waals surface area contributed by atoms with Crippen molar-refractivity contribution >= 4 is 24.0 Å². The lowest BCUT2D eigenvalue weighted by Crippen LogP contribution is -2.29. The van der Waals surface area contributed by atoms with E-state index in [1.807, 2.05) is 36.4 Å². The minimum Gasteiger partial charge on any atom is -0.489 e. The quantitative estimate of drug-likeness (QED) is 0.600. The summed E-state index contributed by atoms with van der Waals surface area (Å²) in [4.78, 5) is 0. The van der Waals surface area contributed by atoms with Crippen molar-refractivity contribution in [3.8, 4) is 5.75 Å². The SMILES string of the molecule is Cl.Clc1ccc(OCc2ccccc2)c(CNC2CCCCCCC2)c1. The Morgan fingerprint density at radius 1 is 0.923 bits per heavy atom. The molecule has 0 saturated heterocycles. The first-order chi connectivity index (χ1) is 12.3. The minimum absolute atomic E-state index is 0. The summed E-state index contributed by atoms with van der Waals surface area (Å²) in [5.74, 6) is 0.923. The van der Waals surface area contributed by atoms with Gasteiger partial charge in [0.2, 0.25) is 0 Å². The molecule has 2 nitrogen and oxygen atoms in total. The Kier molecular flexibility index (Phi) is 9.31. The number of rotatable bonds is 6. The van der Waals surface area contributed by atoms with Crippen LogP contribution >= 0.6 is 24.0 Å². The zero-order valence-corrected chi connectivity index (χ0v) is 16.8. The highest BCUT2D eigenvalue weighted by atomic mass is 35.5. The fourth-order valence-electron chi connectivity index (χ4n) is 3.48. The summed E-state index contributed by atoms with van der Waals surface area (Å²) in [5, 5.41) is 4.50. The number of benzene rings is 2. The summed E-state index contributed by atoms with van der Waals surface area (Å²) in [6, 6.07) is 16.8. The summed E-state index contributed by atoms with van der Waals surface area (Å²) in [6.07, 6.45) is 9.39. The molecule has 0 radical (unpaired) electrons. The van der Waals surface area contributed by atoms with Crippen LogP contribution in [0.5, 0.6) is 5.75 Å². The molecular weight excluding hydrogens is 365 g/mol. The topological polar surface area (TPSA) is 21.3 Å². The Balaban J connectivity index is 0.00000243. The summed E-state index contributed by atoms with van der Waals surface area (Å²) in [5.41, 5.74) is 2.32. The Bertz CT molecular complexity index is 640. The Hall–Kier alpha value is -1.22. The van der Waals surface area contributed by atoms with E-state index in [9.17, 15) is 0 Å². The van der Waals surface area contributed by atoms with Crippen LogP contribution < -0.4 is 10.1 Å². The van der Waals surface area contributed by atoms with Crippen LogP contribution in [0.2, 0.25) is 5.02 Å². The van der Waals surface area contributed by atoms with Gasteiger partial charge in [-0.2, -0.15) is 0 Å². The van der Waals surface area contributed by atoms with Crippen molar-refractivity contribution < 1.29 is 4.74 Å². The molecule has 26 heavy (non-hydrogen) atoms. The van der Waals surface area contributed by atoms with E-state index in [2.05, 4.69) is 17.4 Å². The van der Waals surface area contributed by atoms with Gasteiger partial charge in [0.05, 0.1) is 0 Å². The molecule has 1 fully saturated rings. The molecule has 4 heteroatoms. The highest BCUT2D eigenvalue weighted by Gasteiger charge is 2.12. The molecule has 0 bridgehead atoms. The van der Waals surface area contributed by atoms with Crippen LogP contribution in [0.15, 0.2) is 48.5 Å². The zero-order valence-electron chi connectivity index (χ0n) is 15.3. The third kappa shape index (κ3) is 6.83. The van der Waals surface area contributed by atoms with Crippen molar-refractivity contribution in [3.63, 3.8) is 0 Å². The van der Waals surface area contributed by atoms with E-state index in [1.165, 1.54) is 50.5 Å². The molecule has 2 aromatic rings. The third-order valence-corrected chi connectivity index (χ3v) is 5.18. The summed E-state index contributed by atoms with van der Waals surface area (Å²) < 4.78 is 6.06. The first-order valence-corrected chi connectivity index (χ1v) is 9.87. The molecular formula is C22H29Cl2NO. The second-order valence-corrected chi connectivity index (χ2v) is 7.39. The van der Waals surface area contributed by atoms with Gasteiger partial charge in [-0.1, -0.05) is 74.0 Å². The summed E-state index contributed by atoms with van der Waals surface area (Å²) in [6.45, 7) is 1.40. The molecule has 3 rings (SSSR count). The van der Waals surface area contributed by atoms with Gasteiger partial charge in [0.25, 0.3) is 0 Å². The third-order valence-electron chi connectivity index (χ3n) is 4.95. The van der Waals surface area contributed by atoms with Crippen molar-refractivity contribution in [2.45, 2.75) is 64.1 Å². The molecule has 1 saturated carbocycles. The molecule has 0 spiro atoms. The highest BCUT2D eigenvalue weighted by Crippen LogP contribution is 2.25. The van der Waals surface area contributed by atoms with Crippen molar-refractivity contribution in [2.24, 2.45) is 0 Å². The lowest BCUT2D eigenvalue weighted by molar-refractivity contribution is 0.300. The Labute approximate surface area is 168 Å². The molecule has 1 aliphatic rings. The van der Waals surface area contributed by atoms with Gasteiger partial charge in [-0.15, -0.1) is 12.4 Å².